The Morgan fingerprint density at radius 3 is 2.36 bits per heavy atom. The Morgan fingerprint density at radius 1 is 0.909 bits per heavy atom. The average Bonchev–Trinajstić information content (AvgIpc) is 3.37. The fourth-order valence-corrected chi connectivity index (χ4v) is 6.53. The molecular weight excluding hydrogens is 576 g/mol. The van der Waals surface area contributed by atoms with Crippen LogP contribution in [0.15, 0.2) is 100 Å². The van der Waals surface area contributed by atoms with Gasteiger partial charge in [-0.05, 0) is 48.0 Å². The molecule has 222 valence electrons. The van der Waals surface area contributed by atoms with Crippen LogP contribution in [0.3, 0.4) is 0 Å². The fraction of sp³-hybridized carbons (Fsp3) is 0.171. The second kappa shape index (κ2) is 12.2. The zero-order valence-corrected chi connectivity index (χ0v) is 25.5. The Bertz CT molecular complexity index is 2100. The van der Waals surface area contributed by atoms with Crippen LogP contribution in [0.25, 0.3) is 22.5 Å². The Morgan fingerprint density at radius 2 is 1.64 bits per heavy atom. The van der Waals surface area contributed by atoms with Gasteiger partial charge in [0.25, 0.3) is 5.56 Å². The summed E-state index contributed by atoms with van der Waals surface area (Å²) < 4.78 is 24.5. The molecule has 8 nitrogen and oxygen atoms in total. The van der Waals surface area contributed by atoms with Crippen LogP contribution in [-0.4, -0.2) is 38.5 Å². The van der Waals surface area contributed by atoms with E-state index in [1.165, 1.54) is 11.3 Å². The van der Waals surface area contributed by atoms with Crippen molar-refractivity contribution in [1.29, 1.82) is 0 Å². The zero-order valence-electron chi connectivity index (χ0n) is 24.7. The zero-order chi connectivity index (χ0) is 30.8. The first-order chi connectivity index (χ1) is 21.5. The van der Waals surface area contributed by atoms with Crippen molar-refractivity contribution < 1.29 is 23.7 Å². The molecule has 2 heterocycles. The van der Waals surface area contributed by atoms with Crippen LogP contribution >= 0.6 is 11.3 Å². The van der Waals surface area contributed by atoms with E-state index in [0.29, 0.717) is 43.4 Å². The molecule has 1 atom stereocenters. The number of esters is 1. The fourth-order valence-electron chi connectivity index (χ4n) is 5.54. The lowest BCUT2D eigenvalue weighted by atomic mass is 9.89. The molecule has 1 aliphatic rings. The number of hydrogen-bond acceptors (Lipinski definition) is 8. The topological polar surface area (TPSA) is 88.4 Å². The van der Waals surface area contributed by atoms with E-state index in [2.05, 4.69) is 0 Å². The van der Waals surface area contributed by atoms with Crippen LogP contribution in [0.2, 0.25) is 0 Å². The molecule has 0 radical (unpaired) electrons. The molecule has 0 spiro atoms. The lowest BCUT2D eigenvalue weighted by Gasteiger charge is -2.28. The summed E-state index contributed by atoms with van der Waals surface area (Å²) in [6.07, 6.45) is 1.76. The number of methoxy groups -OCH3 is 3. The highest BCUT2D eigenvalue weighted by Gasteiger charge is 2.37. The van der Waals surface area contributed by atoms with Gasteiger partial charge in [-0.25, -0.2) is 9.79 Å². The molecule has 0 fully saturated rings. The number of hydrogen-bond donors (Lipinski definition) is 0. The molecule has 0 N–H and O–H groups in total. The van der Waals surface area contributed by atoms with E-state index in [4.69, 9.17) is 23.9 Å². The number of rotatable bonds is 8. The van der Waals surface area contributed by atoms with Gasteiger partial charge >= 0.3 is 5.97 Å². The Hall–Kier alpha value is -5.15. The maximum absolute atomic E-state index is 14.5. The Kier molecular flexibility index (Phi) is 8.04. The molecule has 1 aromatic heterocycles. The van der Waals surface area contributed by atoms with E-state index in [1.54, 1.807) is 51.0 Å². The van der Waals surface area contributed by atoms with Crippen LogP contribution in [0.4, 0.5) is 0 Å². The van der Waals surface area contributed by atoms with Gasteiger partial charge in [-0.2, -0.15) is 0 Å². The van der Waals surface area contributed by atoms with E-state index >= 15 is 0 Å². The molecule has 0 bridgehead atoms. The van der Waals surface area contributed by atoms with Crippen molar-refractivity contribution in [3.05, 3.63) is 127 Å². The highest BCUT2D eigenvalue weighted by Crippen LogP contribution is 2.42. The van der Waals surface area contributed by atoms with Gasteiger partial charge in [0.05, 0.1) is 43.7 Å². The van der Waals surface area contributed by atoms with E-state index in [0.717, 1.165) is 16.3 Å². The predicted molar refractivity (Wildman–Crippen MR) is 171 cm³/mol. The summed E-state index contributed by atoms with van der Waals surface area (Å²) >= 11 is 1.24. The normalized spacial score (nSPS) is 14.6. The van der Waals surface area contributed by atoms with E-state index < -0.39 is 12.0 Å². The molecule has 0 amide bonds. The summed E-state index contributed by atoms with van der Waals surface area (Å²) in [6, 6.07) is 25.6. The molecule has 9 heteroatoms. The van der Waals surface area contributed by atoms with E-state index in [9.17, 15) is 9.59 Å². The molecule has 6 rings (SSSR count). The quantitative estimate of drug-likeness (QED) is 0.228. The maximum Gasteiger partial charge on any atom is 0.338 e. The number of thiazole rings is 1. The largest absolute Gasteiger partial charge is 0.497 e. The molecular formula is C35H30N2O6S. The molecule has 4 aromatic carbocycles. The molecule has 0 aliphatic carbocycles. The van der Waals surface area contributed by atoms with Crippen LogP contribution < -0.4 is 29.1 Å². The SMILES string of the molecule is CCOC(=O)C1=C(c2ccccc2)N=c2sc(=Cc3cc(OC)ccc3OC)c(=O)n2[C@H]1c1c(OC)ccc2ccccc12. The van der Waals surface area contributed by atoms with Gasteiger partial charge in [0.1, 0.15) is 23.3 Å². The van der Waals surface area contributed by atoms with Crippen molar-refractivity contribution in [3.8, 4) is 17.2 Å². The monoisotopic (exact) mass is 606 g/mol. The number of aromatic nitrogens is 1. The second-order valence-electron chi connectivity index (χ2n) is 9.94. The summed E-state index contributed by atoms with van der Waals surface area (Å²) in [5.41, 5.74) is 2.45. The van der Waals surface area contributed by atoms with E-state index in [1.807, 2.05) is 72.8 Å². The highest BCUT2D eigenvalue weighted by atomic mass is 32.1. The van der Waals surface area contributed by atoms with Crippen molar-refractivity contribution in [3.63, 3.8) is 0 Å². The van der Waals surface area contributed by atoms with Crippen LogP contribution in [0.5, 0.6) is 17.2 Å². The number of nitrogens with zero attached hydrogens (tertiary/aromatic N) is 2. The number of benzene rings is 4. The summed E-state index contributed by atoms with van der Waals surface area (Å²) in [4.78, 5) is 33.8. The van der Waals surface area contributed by atoms with E-state index in [-0.39, 0.29) is 17.7 Å². The minimum absolute atomic E-state index is 0.157. The molecule has 1 aliphatic heterocycles. The van der Waals surface area contributed by atoms with Gasteiger partial charge in [0.2, 0.25) is 0 Å². The summed E-state index contributed by atoms with van der Waals surface area (Å²) in [7, 11) is 4.74. The standard InChI is InChI=1S/C35H30N2O6S/c1-5-43-34(39)30-31(22-12-7-6-8-13-22)36-35-37(32(30)29-25-14-10-9-11-21(25)15-17-27(29)42-4)33(38)28(44-35)20-23-19-24(40-2)16-18-26(23)41-3/h6-20,32H,5H2,1-4H3/t32-/m0/s1. The molecule has 0 saturated heterocycles. The summed E-state index contributed by atoms with van der Waals surface area (Å²) in [5.74, 6) is 1.19. The number of carbonyl (C=O) groups excluding carboxylic acids is 1. The first-order valence-electron chi connectivity index (χ1n) is 14.0. The maximum atomic E-state index is 14.5. The van der Waals surface area contributed by atoms with Crippen LogP contribution in [0, 0.1) is 0 Å². The lowest BCUT2D eigenvalue weighted by Crippen LogP contribution is -2.40. The van der Waals surface area contributed by atoms with Gasteiger partial charge < -0.3 is 18.9 Å². The minimum atomic E-state index is -0.893. The predicted octanol–water partition coefficient (Wildman–Crippen LogP) is 5.11. The number of fused-ring (bicyclic) bond motifs is 2. The molecule has 44 heavy (non-hydrogen) atoms. The van der Waals surface area contributed by atoms with Gasteiger partial charge in [0.15, 0.2) is 4.80 Å². The Labute approximate surface area is 257 Å². The lowest BCUT2D eigenvalue weighted by molar-refractivity contribution is -0.138. The van der Waals surface area contributed by atoms with Gasteiger partial charge in [-0.15, -0.1) is 0 Å². The van der Waals surface area contributed by atoms with Crippen molar-refractivity contribution in [2.75, 3.05) is 27.9 Å². The average molecular weight is 607 g/mol. The summed E-state index contributed by atoms with van der Waals surface area (Å²) in [5, 5.41) is 1.78. The molecule has 0 unspecified atom stereocenters. The second-order valence-corrected chi connectivity index (χ2v) is 11.0. The van der Waals surface area contributed by atoms with Crippen LogP contribution in [-0.2, 0) is 9.53 Å². The third kappa shape index (κ3) is 5.05. The molecule has 0 saturated carbocycles. The first-order valence-corrected chi connectivity index (χ1v) is 14.9. The van der Waals surface area contributed by atoms with Gasteiger partial charge in [-0.3, -0.25) is 9.36 Å². The summed E-state index contributed by atoms with van der Waals surface area (Å²) in [6.45, 7) is 1.91. The minimum Gasteiger partial charge on any atom is -0.497 e. The Balaban J connectivity index is 1.74. The van der Waals surface area contributed by atoms with Crippen molar-refractivity contribution in [2.24, 2.45) is 4.99 Å². The van der Waals surface area contributed by atoms with Gasteiger partial charge in [-0.1, -0.05) is 72.0 Å². The number of ether oxygens (including phenoxy) is 4. The third-order valence-corrected chi connectivity index (χ3v) is 8.50. The van der Waals surface area contributed by atoms with Crippen molar-refractivity contribution in [2.45, 2.75) is 13.0 Å². The van der Waals surface area contributed by atoms with Crippen LogP contribution in [0.1, 0.15) is 29.7 Å². The number of carbonyl (C=O) groups is 1. The first kappa shape index (κ1) is 28.9. The smallest absolute Gasteiger partial charge is 0.338 e. The molecule has 5 aromatic rings. The van der Waals surface area contributed by atoms with Gasteiger partial charge in [0, 0.05) is 16.7 Å². The van der Waals surface area contributed by atoms with Crippen molar-refractivity contribution >= 4 is 39.9 Å². The van der Waals surface area contributed by atoms with Crippen molar-refractivity contribution in [1.82, 2.24) is 4.57 Å². The highest BCUT2D eigenvalue weighted by molar-refractivity contribution is 7.07. The third-order valence-electron chi connectivity index (χ3n) is 7.52.